The number of piperidine rings is 1. The molecule has 0 bridgehead atoms. The van der Waals surface area contributed by atoms with Crippen LogP contribution >= 0.6 is 0 Å². The van der Waals surface area contributed by atoms with Crippen LogP contribution in [-0.2, 0) is 4.79 Å². The zero-order valence-electron chi connectivity index (χ0n) is 11.5. The second-order valence-corrected chi connectivity index (χ2v) is 6.22. The molecule has 4 nitrogen and oxygen atoms in total. The van der Waals surface area contributed by atoms with E-state index in [0.29, 0.717) is 12.0 Å². The molecule has 1 fully saturated rings. The van der Waals surface area contributed by atoms with E-state index in [1.807, 2.05) is 13.8 Å². The Morgan fingerprint density at radius 3 is 2.59 bits per heavy atom. The first-order chi connectivity index (χ1) is 7.80. The Labute approximate surface area is 104 Å². The minimum atomic E-state index is -0.748. The molecule has 0 amide bonds. The number of hydrogen-bond donors (Lipinski definition) is 2. The molecule has 0 aromatic carbocycles. The van der Waals surface area contributed by atoms with Gasteiger partial charge in [0.2, 0.25) is 0 Å². The highest BCUT2D eigenvalue weighted by Gasteiger charge is 2.29. The first-order valence-electron chi connectivity index (χ1n) is 6.51. The monoisotopic (exact) mass is 242 g/mol. The molecule has 2 N–H and O–H groups in total. The normalized spacial score (nSPS) is 22.6. The molecule has 1 heterocycles. The second-order valence-electron chi connectivity index (χ2n) is 6.22. The van der Waals surface area contributed by atoms with Crippen LogP contribution < -0.4 is 5.32 Å². The summed E-state index contributed by atoms with van der Waals surface area (Å²) in [6.07, 6.45) is 2.40. The zero-order chi connectivity index (χ0) is 13.1. The quantitative estimate of drug-likeness (QED) is 0.768. The average molecular weight is 242 g/mol. The fourth-order valence-corrected chi connectivity index (χ4v) is 2.56. The lowest BCUT2D eigenvalue weighted by atomic mass is 9.84. The maximum atomic E-state index is 11.2. The Bertz CT molecular complexity index is 264. The lowest BCUT2D eigenvalue weighted by Gasteiger charge is -2.39. The number of aliphatic carboxylic acids is 1. The minimum Gasteiger partial charge on any atom is -0.480 e. The molecule has 0 saturated carbocycles. The number of nitrogens with one attached hydrogen (secondary N) is 1. The number of carbonyl (C=O) groups is 1. The summed E-state index contributed by atoms with van der Waals surface area (Å²) in [5.41, 5.74) is 0.319. The molecular formula is C13H26N2O2. The lowest BCUT2D eigenvalue weighted by Crippen LogP contribution is -2.51. The van der Waals surface area contributed by atoms with Crippen LogP contribution in [0.2, 0.25) is 0 Å². The van der Waals surface area contributed by atoms with Crippen molar-refractivity contribution in [2.75, 3.05) is 19.6 Å². The van der Waals surface area contributed by atoms with Gasteiger partial charge in [0.1, 0.15) is 6.04 Å². The van der Waals surface area contributed by atoms with Gasteiger partial charge in [-0.1, -0.05) is 27.7 Å². The van der Waals surface area contributed by atoms with Crippen molar-refractivity contribution < 1.29 is 9.90 Å². The fourth-order valence-electron chi connectivity index (χ4n) is 2.56. The van der Waals surface area contributed by atoms with Crippen molar-refractivity contribution in [2.24, 2.45) is 5.41 Å². The van der Waals surface area contributed by atoms with Gasteiger partial charge in [-0.15, -0.1) is 0 Å². The number of rotatable bonds is 5. The van der Waals surface area contributed by atoms with Crippen molar-refractivity contribution in [1.29, 1.82) is 0 Å². The van der Waals surface area contributed by atoms with E-state index < -0.39 is 12.0 Å². The van der Waals surface area contributed by atoms with Crippen LogP contribution in [0.5, 0.6) is 0 Å². The van der Waals surface area contributed by atoms with E-state index in [1.54, 1.807) is 0 Å². The van der Waals surface area contributed by atoms with Gasteiger partial charge in [-0.3, -0.25) is 4.79 Å². The van der Waals surface area contributed by atoms with Crippen LogP contribution in [0.25, 0.3) is 0 Å². The Morgan fingerprint density at radius 1 is 1.47 bits per heavy atom. The highest BCUT2D eigenvalue weighted by molar-refractivity contribution is 5.73. The van der Waals surface area contributed by atoms with E-state index in [0.717, 1.165) is 13.1 Å². The van der Waals surface area contributed by atoms with Crippen LogP contribution in [0, 0.1) is 5.41 Å². The molecule has 0 aliphatic carbocycles. The van der Waals surface area contributed by atoms with Crippen LogP contribution in [0.1, 0.15) is 40.5 Å². The van der Waals surface area contributed by atoms with Crippen molar-refractivity contribution in [2.45, 2.75) is 52.6 Å². The van der Waals surface area contributed by atoms with Gasteiger partial charge in [0.25, 0.3) is 0 Å². The summed E-state index contributed by atoms with van der Waals surface area (Å²) < 4.78 is 0. The van der Waals surface area contributed by atoms with E-state index in [9.17, 15) is 9.90 Å². The third-order valence-electron chi connectivity index (χ3n) is 3.25. The molecule has 4 heteroatoms. The van der Waals surface area contributed by atoms with Crippen LogP contribution in [0.3, 0.4) is 0 Å². The standard InChI is InChI=1S/C13H26N2O2/c1-10(2)14-11(12(16)17)8-15-7-5-6-13(3,4)9-15/h10-11,14H,5-9H2,1-4H3,(H,16,17). The maximum Gasteiger partial charge on any atom is 0.322 e. The van der Waals surface area contributed by atoms with E-state index >= 15 is 0 Å². The molecule has 1 aliphatic rings. The molecule has 1 atom stereocenters. The summed E-state index contributed by atoms with van der Waals surface area (Å²) in [6, 6.07) is -0.252. The molecule has 1 aliphatic heterocycles. The smallest absolute Gasteiger partial charge is 0.322 e. The molecule has 1 unspecified atom stereocenters. The van der Waals surface area contributed by atoms with E-state index in [1.165, 1.54) is 12.8 Å². The number of hydrogen-bond acceptors (Lipinski definition) is 3. The number of carboxylic acid groups (broad SMARTS) is 1. The molecule has 0 spiro atoms. The van der Waals surface area contributed by atoms with Crippen molar-refractivity contribution in [3.05, 3.63) is 0 Å². The van der Waals surface area contributed by atoms with Gasteiger partial charge in [0.15, 0.2) is 0 Å². The van der Waals surface area contributed by atoms with Gasteiger partial charge in [-0.2, -0.15) is 0 Å². The number of nitrogens with zero attached hydrogens (tertiary/aromatic N) is 1. The predicted molar refractivity (Wildman–Crippen MR) is 69.2 cm³/mol. The Balaban J connectivity index is 2.52. The molecule has 100 valence electrons. The van der Waals surface area contributed by atoms with E-state index in [2.05, 4.69) is 24.1 Å². The topological polar surface area (TPSA) is 52.6 Å². The van der Waals surface area contributed by atoms with E-state index in [4.69, 9.17) is 0 Å². The highest BCUT2D eigenvalue weighted by atomic mass is 16.4. The van der Waals surface area contributed by atoms with Crippen LogP contribution in [0.4, 0.5) is 0 Å². The van der Waals surface area contributed by atoms with Crippen LogP contribution in [-0.4, -0.2) is 47.7 Å². The predicted octanol–water partition coefficient (Wildman–Crippen LogP) is 1.56. The van der Waals surface area contributed by atoms with E-state index in [-0.39, 0.29) is 6.04 Å². The first kappa shape index (κ1) is 14.5. The Hall–Kier alpha value is -0.610. The van der Waals surface area contributed by atoms with Crippen molar-refractivity contribution in [3.63, 3.8) is 0 Å². The molecule has 0 radical (unpaired) electrons. The summed E-state index contributed by atoms with van der Waals surface area (Å²) >= 11 is 0. The summed E-state index contributed by atoms with van der Waals surface area (Å²) in [5, 5.41) is 12.3. The van der Waals surface area contributed by atoms with Crippen molar-refractivity contribution in [3.8, 4) is 0 Å². The third kappa shape index (κ3) is 5.04. The molecule has 1 rings (SSSR count). The lowest BCUT2D eigenvalue weighted by molar-refractivity contribution is -0.140. The SMILES string of the molecule is CC(C)NC(CN1CCCC(C)(C)C1)C(=O)O. The Kier molecular flexibility index (Phi) is 4.95. The number of likely N-dealkylation sites (tertiary alicyclic amines) is 1. The van der Waals surface area contributed by atoms with Gasteiger partial charge < -0.3 is 15.3 Å². The summed E-state index contributed by atoms with van der Waals surface area (Å²) in [7, 11) is 0. The molecule has 17 heavy (non-hydrogen) atoms. The summed E-state index contributed by atoms with van der Waals surface area (Å²) in [6.45, 7) is 11.1. The van der Waals surface area contributed by atoms with Gasteiger partial charge in [-0.25, -0.2) is 0 Å². The first-order valence-corrected chi connectivity index (χ1v) is 6.51. The van der Waals surface area contributed by atoms with Gasteiger partial charge in [-0.05, 0) is 24.8 Å². The second kappa shape index (κ2) is 5.83. The maximum absolute atomic E-state index is 11.2. The highest BCUT2D eigenvalue weighted by Crippen LogP contribution is 2.28. The Morgan fingerprint density at radius 2 is 2.12 bits per heavy atom. The largest absolute Gasteiger partial charge is 0.480 e. The molecule has 0 aromatic rings. The third-order valence-corrected chi connectivity index (χ3v) is 3.25. The molecule has 0 aromatic heterocycles. The summed E-state index contributed by atoms with van der Waals surface area (Å²) in [4.78, 5) is 13.5. The van der Waals surface area contributed by atoms with Crippen molar-refractivity contribution in [1.82, 2.24) is 10.2 Å². The molecule has 1 saturated heterocycles. The molecular weight excluding hydrogens is 216 g/mol. The fraction of sp³-hybridized carbons (Fsp3) is 0.923. The average Bonchev–Trinajstić information content (AvgIpc) is 2.14. The van der Waals surface area contributed by atoms with Crippen LogP contribution in [0.15, 0.2) is 0 Å². The summed E-state index contributed by atoms with van der Waals surface area (Å²) in [5.74, 6) is -0.748. The van der Waals surface area contributed by atoms with Gasteiger partial charge in [0, 0.05) is 19.1 Å². The minimum absolute atomic E-state index is 0.203. The number of carboxylic acids is 1. The van der Waals surface area contributed by atoms with Gasteiger partial charge in [0.05, 0.1) is 0 Å². The van der Waals surface area contributed by atoms with Crippen molar-refractivity contribution >= 4 is 5.97 Å². The van der Waals surface area contributed by atoms with Gasteiger partial charge >= 0.3 is 5.97 Å². The zero-order valence-corrected chi connectivity index (χ0v) is 11.5.